The molecule has 1 fully saturated rings. The van der Waals surface area contributed by atoms with Gasteiger partial charge in [-0.3, -0.25) is 24.5 Å². The van der Waals surface area contributed by atoms with Gasteiger partial charge in [-0.25, -0.2) is 0 Å². The van der Waals surface area contributed by atoms with Crippen LogP contribution < -0.4 is 16.0 Å². The Bertz CT molecular complexity index is 684. The highest BCUT2D eigenvalue weighted by molar-refractivity contribution is 5.98. The van der Waals surface area contributed by atoms with Crippen LogP contribution in [0.3, 0.4) is 0 Å². The summed E-state index contributed by atoms with van der Waals surface area (Å²) in [6.45, 7) is 0.715. The van der Waals surface area contributed by atoms with E-state index in [4.69, 9.17) is 5.11 Å². The van der Waals surface area contributed by atoms with E-state index in [1.165, 1.54) is 24.3 Å². The first-order valence-electron chi connectivity index (χ1n) is 8.17. The molecule has 10 heteroatoms. The number of carboxylic acid groups (broad SMARTS) is 1. The Morgan fingerprint density at radius 2 is 2.00 bits per heavy atom. The van der Waals surface area contributed by atoms with E-state index in [0.717, 1.165) is 6.42 Å². The van der Waals surface area contributed by atoms with E-state index in [1.807, 2.05) is 0 Å². The Hall–Kier alpha value is -3.01. The normalized spacial score (nSPS) is 17.3. The quantitative estimate of drug-likeness (QED) is 0.390. The zero-order valence-corrected chi connectivity index (χ0v) is 13.9. The Morgan fingerprint density at radius 1 is 1.31 bits per heavy atom. The molecule has 10 nitrogen and oxygen atoms in total. The predicted octanol–water partition coefficient (Wildman–Crippen LogP) is 0.635. The number of aliphatic carboxylic acids is 1. The second-order valence-corrected chi connectivity index (χ2v) is 5.94. The molecule has 0 radical (unpaired) electrons. The molecule has 26 heavy (non-hydrogen) atoms. The van der Waals surface area contributed by atoms with Gasteiger partial charge in [0.25, 0.3) is 5.69 Å². The van der Waals surface area contributed by atoms with Gasteiger partial charge in [0.2, 0.25) is 11.8 Å². The summed E-state index contributed by atoms with van der Waals surface area (Å²) in [6, 6.07) is 3.80. The Morgan fingerprint density at radius 3 is 2.54 bits per heavy atom. The molecule has 1 saturated heterocycles. The first-order valence-corrected chi connectivity index (χ1v) is 8.17. The summed E-state index contributed by atoms with van der Waals surface area (Å²) in [5, 5.41) is 27.6. The fourth-order valence-corrected chi connectivity index (χ4v) is 2.61. The average Bonchev–Trinajstić information content (AvgIpc) is 3.13. The molecule has 0 aromatic heterocycles. The minimum absolute atomic E-state index is 0.0629. The predicted molar refractivity (Wildman–Crippen MR) is 91.6 cm³/mol. The van der Waals surface area contributed by atoms with E-state index in [-0.39, 0.29) is 24.4 Å². The third-order valence-electron chi connectivity index (χ3n) is 4.00. The lowest BCUT2D eigenvalue weighted by atomic mass is 10.1. The molecule has 0 bridgehead atoms. The molecule has 0 spiro atoms. The molecule has 1 heterocycles. The zero-order valence-electron chi connectivity index (χ0n) is 13.9. The number of non-ortho nitro benzene ring substituents is 1. The summed E-state index contributed by atoms with van der Waals surface area (Å²) < 4.78 is 0. The van der Waals surface area contributed by atoms with Crippen LogP contribution in [0.4, 0.5) is 11.4 Å². The maximum Gasteiger partial charge on any atom is 0.303 e. The molecule has 1 aliphatic heterocycles. The van der Waals surface area contributed by atoms with E-state index in [1.54, 1.807) is 0 Å². The molecule has 0 aliphatic carbocycles. The number of nitrogens with zero attached hydrogens (tertiary/aromatic N) is 1. The van der Waals surface area contributed by atoms with Crippen LogP contribution in [0.25, 0.3) is 0 Å². The second-order valence-electron chi connectivity index (χ2n) is 5.94. The van der Waals surface area contributed by atoms with Gasteiger partial charge in [-0.15, -0.1) is 0 Å². The summed E-state index contributed by atoms with van der Waals surface area (Å²) in [4.78, 5) is 45.5. The van der Waals surface area contributed by atoms with Crippen molar-refractivity contribution in [3.63, 3.8) is 0 Å². The number of nitro benzene ring substituents is 1. The van der Waals surface area contributed by atoms with Crippen molar-refractivity contribution in [2.24, 2.45) is 0 Å². The van der Waals surface area contributed by atoms with Crippen LogP contribution in [0.5, 0.6) is 0 Å². The van der Waals surface area contributed by atoms with Crippen molar-refractivity contribution < 1.29 is 24.4 Å². The molecule has 0 saturated carbocycles. The monoisotopic (exact) mass is 364 g/mol. The lowest BCUT2D eigenvalue weighted by Crippen LogP contribution is -2.50. The van der Waals surface area contributed by atoms with Crippen LogP contribution in [-0.4, -0.2) is 46.4 Å². The number of nitro groups is 1. The smallest absolute Gasteiger partial charge is 0.303 e. The molecule has 140 valence electrons. The number of hydrogen-bond acceptors (Lipinski definition) is 6. The third-order valence-corrected chi connectivity index (χ3v) is 4.00. The number of benzene rings is 1. The van der Waals surface area contributed by atoms with Crippen LogP contribution in [0, 0.1) is 10.1 Å². The van der Waals surface area contributed by atoms with E-state index in [2.05, 4.69) is 16.0 Å². The molecule has 2 atom stereocenters. The zero-order chi connectivity index (χ0) is 19.1. The summed E-state index contributed by atoms with van der Waals surface area (Å²) in [6.07, 6.45) is 1.16. The molecule has 2 amide bonds. The van der Waals surface area contributed by atoms with Crippen molar-refractivity contribution in [2.45, 2.75) is 37.8 Å². The Kier molecular flexibility index (Phi) is 6.61. The van der Waals surface area contributed by atoms with Crippen LogP contribution in [0.15, 0.2) is 24.3 Å². The molecule has 0 unspecified atom stereocenters. The van der Waals surface area contributed by atoms with Crippen molar-refractivity contribution in [3.8, 4) is 0 Å². The first-order chi connectivity index (χ1) is 12.4. The highest BCUT2D eigenvalue weighted by atomic mass is 16.6. The lowest BCUT2D eigenvalue weighted by molar-refractivity contribution is -0.384. The van der Waals surface area contributed by atoms with Crippen molar-refractivity contribution in [2.75, 3.05) is 11.9 Å². The fraction of sp³-hybridized carbons (Fsp3) is 0.438. The van der Waals surface area contributed by atoms with Crippen LogP contribution in [-0.2, 0) is 14.4 Å². The molecule has 4 N–H and O–H groups in total. The number of carbonyl (C=O) groups is 3. The summed E-state index contributed by atoms with van der Waals surface area (Å²) in [7, 11) is 0. The number of anilines is 1. The average molecular weight is 364 g/mol. The summed E-state index contributed by atoms with van der Waals surface area (Å²) in [5.74, 6) is -2.01. The van der Waals surface area contributed by atoms with Gasteiger partial charge in [0.15, 0.2) is 0 Å². The van der Waals surface area contributed by atoms with Crippen LogP contribution in [0.2, 0.25) is 0 Å². The second kappa shape index (κ2) is 8.90. The third kappa shape index (κ3) is 5.52. The maximum atomic E-state index is 12.4. The minimum atomic E-state index is -1.08. The molecular weight excluding hydrogens is 344 g/mol. The van der Waals surface area contributed by atoms with Crippen molar-refractivity contribution in [3.05, 3.63) is 34.4 Å². The van der Waals surface area contributed by atoms with Crippen LogP contribution in [0.1, 0.15) is 25.7 Å². The largest absolute Gasteiger partial charge is 0.481 e. The van der Waals surface area contributed by atoms with Gasteiger partial charge in [0.05, 0.1) is 11.0 Å². The Balaban J connectivity index is 2.02. The van der Waals surface area contributed by atoms with Gasteiger partial charge in [-0.2, -0.15) is 0 Å². The molecule has 2 rings (SSSR count). The van der Waals surface area contributed by atoms with E-state index in [9.17, 15) is 24.5 Å². The first kappa shape index (κ1) is 19.3. The lowest BCUT2D eigenvalue weighted by Gasteiger charge is -2.20. The molecule has 1 aromatic rings. The van der Waals surface area contributed by atoms with Gasteiger partial charge in [0.1, 0.15) is 6.04 Å². The van der Waals surface area contributed by atoms with E-state index in [0.29, 0.717) is 18.7 Å². The Labute approximate surface area is 149 Å². The number of carboxylic acids is 1. The van der Waals surface area contributed by atoms with Crippen molar-refractivity contribution in [1.29, 1.82) is 0 Å². The highest BCUT2D eigenvalue weighted by Crippen LogP contribution is 2.16. The SMILES string of the molecule is O=C(O)CC[C@H](NC(=O)[C@@H]1CCCN1)C(=O)Nc1ccc([N+](=O)[O-])cc1. The van der Waals surface area contributed by atoms with Gasteiger partial charge in [-0.05, 0) is 37.9 Å². The number of rotatable bonds is 8. The fourth-order valence-electron chi connectivity index (χ4n) is 2.61. The van der Waals surface area contributed by atoms with E-state index < -0.39 is 28.9 Å². The standard InChI is InChI=1S/C16H20N4O6/c21-14(22)8-7-13(19-15(23)12-2-1-9-17-12)16(24)18-10-3-5-11(6-4-10)20(25)26/h3-6,12-13,17H,1-2,7-9H2,(H,18,24)(H,19,23)(H,21,22)/t12-,13-/m0/s1. The number of amides is 2. The van der Waals surface area contributed by atoms with Gasteiger partial charge >= 0.3 is 5.97 Å². The number of carbonyl (C=O) groups excluding carboxylic acids is 2. The molecule has 1 aromatic carbocycles. The van der Waals surface area contributed by atoms with Gasteiger partial charge < -0.3 is 21.1 Å². The van der Waals surface area contributed by atoms with Crippen LogP contribution >= 0.6 is 0 Å². The topological polar surface area (TPSA) is 151 Å². The van der Waals surface area contributed by atoms with Gasteiger partial charge in [-0.1, -0.05) is 0 Å². The number of hydrogen-bond donors (Lipinski definition) is 4. The highest BCUT2D eigenvalue weighted by Gasteiger charge is 2.27. The molecular formula is C16H20N4O6. The maximum absolute atomic E-state index is 12.4. The van der Waals surface area contributed by atoms with Gasteiger partial charge in [0, 0.05) is 24.2 Å². The number of nitrogens with one attached hydrogen (secondary N) is 3. The minimum Gasteiger partial charge on any atom is -0.481 e. The van der Waals surface area contributed by atoms with Crippen molar-refractivity contribution in [1.82, 2.24) is 10.6 Å². The summed E-state index contributed by atoms with van der Waals surface area (Å²) in [5.41, 5.74) is 0.195. The van der Waals surface area contributed by atoms with E-state index >= 15 is 0 Å². The summed E-state index contributed by atoms with van der Waals surface area (Å²) >= 11 is 0. The molecule has 1 aliphatic rings. The van der Waals surface area contributed by atoms with Crippen molar-refractivity contribution >= 4 is 29.2 Å².